The Balaban J connectivity index is 0.000000149. The molecule has 4 aliphatic heterocycles. The molecule has 3 saturated heterocycles. The van der Waals surface area contributed by atoms with E-state index < -0.39 is 12.2 Å². The second-order valence-electron chi connectivity index (χ2n) is 12.6. The van der Waals surface area contributed by atoms with Crippen molar-refractivity contribution in [1.82, 2.24) is 15.0 Å². The summed E-state index contributed by atoms with van der Waals surface area (Å²) >= 11 is 0. The second kappa shape index (κ2) is 12.7. The highest BCUT2D eigenvalue weighted by Gasteiger charge is 2.50. The number of aromatic nitrogens is 3. The number of H-pyrrole nitrogens is 1. The summed E-state index contributed by atoms with van der Waals surface area (Å²) in [4.78, 5) is 27.7. The van der Waals surface area contributed by atoms with Crippen LogP contribution in [-0.2, 0) is 9.47 Å². The number of morpholine rings is 1. The first-order chi connectivity index (χ1) is 22.4. The maximum atomic E-state index is 13.1. The Hall–Kier alpha value is -3.87. The molecule has 46 heavy (non-hydrogen) atoms. The normalized spacial score (nSPS) is 27.1. The minimum Gasteiger partial charge on any atom is -0.479 e. The summed E-state index contributed by atoms with van der Waals surface area (Å²) in [5.74, 6) is 0.784. The van der Waals surface area contributed by atoms with Crippen LogP contribution in [0.1, 0.15) is 61.5 Å². The number of nitrogens with one attached hydrogen (secondary N) is 1. The number of rotatable bonds is 5. The fourth-order valence-corrected chi connectivity index (χ4v) is 7.04. The maximum absolute atomic E-state index is 13.1. The number of hydrogen-bond donors (Lipinski definition) is 2. The summed E-state index contributed by atoms with van der Waals surface area (Å²) in [6.45, 7) is 6.24. The molecule has 0 amide bonds. The lowest BCUT2D eigenvalue weighted by molar-refractivity contribution is -0.228. The molecule has 2 aliphatic carbocycles. The number of anilines is 2. The average molecular weight is 636 g/mol. The predicted octanol–water partition coefficient (Wildman–Crippen LogP) is 4.32. The number of halogens is 2. The molecule has 8 rings (SSSR count). The van der Waals surface area contributed by atoms with Gasteiger partial charge in [-0.2, -0.15) is 0 Å². The van der Waals surface area contributed by atoms with E-state index >= 15 is 0 Å². The van der Waals surface area contributed by atoms with Gasteiger partial charge >= 0.3 is 0 Å². The van der Waals surface area contributed by atoms with Crippen LogP contribution in [0.25, 0.3) is 0 Å². The number of alkyl halides is 2. The Morgan fingerprint density at radius 1 is 1.15 bits per heavy atom. The van der Waals surface area contributed by atoms with Crippen molar-refractivity contribution < 1.29 is 28.1 Å². The van der Waals surface area contributed by atoms with Crippen molar-refractivity contribution in [2.75, 3.05) is 55.9 Å². The molecule has 0 bridgehead atoms. The maximum Gasteiger partial charge on any atom is 0.297 e. The molecule has 4 unspecified atom stereocenters. The summed E-state index contributed by atoms with van der Waals surface area (Å²) in [6.07, 6.45) is 15.7. The first kappa shape index (κ1) is 30.8. The topological polar surface area (TPSA) is 113 Å². The Morgan fingerprint density at radius 3 is 2.70 bits per heavy atom. The van der Waals surface area contributed by atoms with Crippen LogP contribution >= 0.6 is 0 Å². The highest BCUT2D eigenvalue weighted by molar-refractivity contribution is 5.60. The van der Waals surface area contributed by atoms with E-state index in [1.165, 1.54) is 0 Å². The number of pyridine rings is 1. The van der Waals surface area contributed by atoms with E-state index in [1.54, 1.807) is 6.20 Å². The highest BCUT2D eigenvalue weighted by atomic mass is 19.3. The standard InChI is InChI=1S/C19H24N2O4.C15H15F2N3O/c1-13-19(11-24-12-19)25-6-5-21(13)17-8-16(9-20-18(17)23)15-4-2-3-14(7-15)10-22;16-13(17)14-18-11-9-5-1-2-6-10(9)21-12(11)15(19-14)20-7-3-4-8-20/h2-3,7-9,13,15,22H,4-6,10-12H2,1H3,(H,20,23);1-2,5-6,9-10,13H,3-4,7-8H2. The molecule has 3 fully saturated rings. The summed E-state index contributed by atoms with van der Waals surface area (Å²) in [6, 6.07) is 2.07. The van der Waals surface area contributed by atoms with E-state index in [1.807, 2.05) is 41.3 Å². The van der Waals surface area contributed by atoms with Crippen molar-refractivity contribution in [3.63, 3.8) is 0 Å². The number of ether oxygens (including phenoxy) is 3. The van der Waals surface area contributed by atoms with Crippen LogP contribution < -0.4 is 20.1 Å². The number of aliphatic hydroxyl groups excluding tert-OH is 1. The van der Waals surface area contributed by atoms with E-state index in [2.05, 4.69) is 38.9 Å². The molecule has 0 aromatic carbocycles. The van der Waals surface area contributed by atoms with Crippen LogP contribution in [0.15, 0.2) is 65.2 Å². The van der Waals surface area contributed by atoms with Gasteiger partial charge in [-0.15, -0.1) is 0 Å². The Morgan fingerprint density at radius 2 is 1.96 bits per heavy atom. The third-order valence-electron chi connectivity index (χ3n) is 9.75. The van der Waals surface area contributed by atoms with Crippen molar-refractivity contribution in [1.29, 1.82) is 0 Å². The van der Waals surface area contributed by atoms with E-state index in [4.69, 9.17) is 14.2 Å². The predicted molar refractivity (Wildman–Crippen MR) is 169 cm³/mol. The van der Waals surface area contributed by atoms with Crippen molar-refractivity contribution >= 4 is 11.5 Å². The Bertz CT molecular complexity index is 1630. The Labute approximate surface area is 266 Å². The van der Waals surface area contributed by atoms with E-state index in [9.17, 15) is 18.7 Å². The van der Waals surface area contributed by atoms with E-state index in [-0.39, 0.29) is 41.7 Å². The number of aliphatic hydroxyl groups is 1. The van der Waals surface area contributed by atoms with Crippen LogP contribution in [0, 0.1) is 0 Å². The molecule has 6 aliphatic rings. The van der Waals surface area contributed by atoms with Crippen LogP contribution in [0.3, 0.4) is 0 Å². The van der Waals surface area contributed by atoms with Gasteiger partial charge in [0.2, 0.25) is 0 Å². The first-order valence-electron chi connectivity index (χ1n) is 16.0. The van der Waals surface area contributed by atoms with Gasteiger partial charge in [0.1, 0.15) is 17.4 Å². The molecule has 12 heteroatoms. The molecule has 2 aromatic rings. The van der Waals surface area contributed by atoms with E-state index in [0.717, 1.165) is 43.5 Å². The molecule has 10 nitrogen and oxygen atoms in total. The third kappa shape index (κ3) is 5.67. The fraction of sp³-hybridized carbons (Fsp3) is 0.500. The van der Waals surface area contributed by atoms with E-state index in [0.29, 0.717) is 49.3 Å². The number of fused-ring (bicyclic) bond motifs is 3. The molecule has 0 saturated carbocycles. The van der Waals surface area contributed by atoms with Crippen LogP contribution in [-0.4, -0.2) is 83.9 Å². The van der Waals surface area contributed by atoms with Crippen LogP contribution in [0.4, 0.5) is 20.3 Å². The monoisotopic (exact) mass is 635 g/mol. The molecule has 4 atom stereocenters. The summed E-state index contributed by atoms with van der Waals surface area (Å²) in [5, 5.41) is 9.37. The zero-order valence-electron chi connectivity index (χ0n) is 25.8. The van der Waals surface area contributed by atoms with Crippen molar-refractivity contribution in [2.24, 2.45) is 0 Å². The number of nitrogens with zero attached hydrogens (tertiary/aromatic N) is 4. The van der Waals surface area contributed by atoms with Gasteiger partial charge in [-0.25, -0.2) is 18.7 Å². The van der Waals surface area contributed by atoms with Crippen molar-refractivity contribution in [3.8, 4) is 5.75 Å². The van der Waals surface area contributed by atoms with Gasteiger partial charge in [0.15, 0.2) is 17.4 Å². The third-order valence-corrected chi connectivity index (χ3v) is 9.75. The lowest BCUT2D eigenvalue weighted by atomic mass is 9.88. The van der Waals surface area contributed by atoms with Crippen LogP contribution in [0.2, 0.25) is 0 Å². The van der Waals surface area contributed by atoms with Crippen molar-refractivity contribution in [2.45, 2.75) is 62.2 Å². The second-order valence-corrected chi connectivity index (χ2v) is 12.6. The largest absolute Gasteiger partial charge is 0.479 e. The molecule has 244 valence electrons. The average Bonchev–Trinajstić information content (AvgIpc) is 3.73. The SMILES string of the molecule is CC1N(c2cc(C3C=C(CO)C=CC3)c[nH]c2=O)CCOC12COC2.FC(F)c1nc2c(c(N3CCCC3)n1)OC1C=CC=CC21. The highest BCUT2D eigenvalue weighted by Crippen LogP contribution is 2.46. The summed E-state index contributed by atoms with van der Waals surface area (Å²) < 4.78 is 43.5. The summed E-state index contributed by atoms with van der Waals surface area (Å²) in [5.41, 5.74) is 2.88. The van der Waals surface area contributed by atoms with Crippen LogP contribution in [0.5, 0.6) is 5.75 Å². The fourth-order valence-electron chi connectivity index (χ4n) is 7.04. The Kier molecular flexibility index (Phi) is 8.51. The van der Waals surface area contributed by atoms with Gasteiger partial charge < -0.3 is 34.1 Å². The quantitative estimate of drug-likeness (QED) is 0.496. The molecule has 6 heterocycles. The molecular weight excluding hydrogens is 596 g/mol. The minimum absolute atomic E-state index is 0.0340. The zero-order valence-corrected chi connectivity index (χ0v) is 25.8. The molecule has 0 radical (unpaired) electrons. The first-order valence-corrected chi connectivity index (χ1v) is 16.0. The molecule has 2 N–H and O–H groups in total. The van der Waals surface area contributed by atoms with Gasteiger partial charge in [-0.05, 0) is 49.5 Å². The lowest BCUT2D eigenvalue weighted by Gasteiger charge is -2.53. The summed E-state index contributed by atoms with van der Waals surface area (Å²) in [7, 11) is 0. The smallest absolute Gasteiger partial charge is 0.297 e. The molecular formula is C34H39F2N5O5. The van der Waals surface area contributed by atoms with Crippen molar-refractivity contribution in [3.05, 3.63) is 87.8 Å². The van der Waals surface area contributed by atoms with Gasteiger partial charge in [0.25, 0.3) is 12.0 Å². The van der Waals surface area contributed by atoms with Gasteiger partial charge in [0.05, 0.1) is 44.1 Å². The van der Waals surface area contributed by atoms with Gasteiger partial charge in [-0.1, -0.05) is 36.5 Å². The minimum atomic E-state index is -2.67. The van der Waals surface area contributed by atoms with Gasteiger partial charge in [-0.3, -0.25) is 4.79 Å². The number of allylic oxidation sites excluding steroid dienone is 4. The number of aromatic amines is 1. The molecule has 1 spiro atoms. The number of hydrogen-bond acceptors (Lipinski definition) is 9. The van der Waals surface area contributed by atoms with Gasteiger partial charge in [0, 0.05) is 31.7 Å². The molecule has 2 aromatic heterocycles. The lowest BCUT2D eigenvalue weighted by Crippen LogP contribution is -2.68. The zero-order chi connectivity index (χ0) is 31.8.